The van der Waals surface area contributed by atoms with Crippen LogP contribution in [0.25, 0.3) is 6.08 Å². The van der Waals surface area contributed by atoms with Crippen LogP contribution in [0.3, 0.4) is 0 Å². The van der Waals surface area contributed by atoms with E-state index in [-0.39, 0.29) is 11.7 Å². The third-order valence-electron chi connectivity index (χ3n) is 4.12. The van der Waals surface area contributed by atoms with E-state index in [0.717, 1.165) is 22.9 Å². The molecule has 0 spiro atoms. The molecule has 2 aromatic carbocycles. The molecule has 8 nitrogen and oxygen atoms in total. The Labute approximate surface area is 171 Å². The number of hydrogen-bond donors (Lipinski definition) is 3. The van der Waals surface area contributed by atoms with E-state index in [4.69, 9.17) is 16.2 Å². The largest absolute Gasteiger partial charge is 0.468 e. The van der Waals surface area contributed by atoms with E-state index in [1.165, 1.54) is 7.11 Å². The van der Waals surface area contributed by atoms with Crippen molar-refractivity contribution in [3.05, 3.63) is 58.5 Å². The van der Waals surface area contributed by atoms with Crippen LogP contribution in [0.15, 0.2) is 47.4 Å². The van der Waals surface area contributed by atoms with Gasteiger partial charge < -0.3 is 20.9 Å². The molecule has 0 bridgehead atoms. The number of rotatable bonds is 6. The number of benzene rings is 2. The first-order valence-electron chi connectivity index (χ1n) is 8.60. The average Bonchev–Trinajstić information content (AvgIpc) is 3.01. The highest BCUT2D eigenvalue weighted by Crippen LogP contribution is 2.28. The molecule has 0 aliphatic carbocycles. The van der Waals surface area contributed by atoms with E-state index in [2.05, 4.69) is 10.1 Å². The molecule has 0 saturated carbocycles. The molecule has 2 aromatic rings. The summed E-state index contributed by atoms with van der Waals surface area (Å²) in [7, 11) is 1.28. The van der Waals surface area contributed by atoms with Gasteiger partial charge in [0.2, 0.25) is 0 Å². The van der Waals surface area contributed by atoms with Gasteiger partial charge in [0.25, 0.3) is 11.1 Å². The van der Waals surface area contributed by atoms with Crippen LogP contribution < -0.4 is 21.5 Å². The summed E-state index contributed by atoms with van der Waals surface area (Å²) < 4.78 is 10.4. The predicted molar refractivity (Wildman–Crippen MR) is 110 cm³/mol. The topological polar surface area (TPSA) is 134 Å². The zero-order valence-corrected chi connectivity index (χ0v) is 16.3. The third-order valence-corrected chi connectivity index (χ3v) is 4.93. The van der Waals surface area contributed by atoms with Crippen molar-refractivity contribution in [3.63, 3.8) is 0 Å². The van der Waals surface area contributed by atoms with E-state index in [0.29, 0.717) is 22.1 Å². The number of nitrogen functional groups attached to an aromatic ring is 1. The maximum Gasteiger partial charge on any atom is 0.322 e. The van der Waals surface area contributed by atoms with Crippen LogP contribution in [0.2, 0.25) is 0 Å². The van der Waals surface area contributed by atoms with E-state index in [9.17, 15) is 14.4 Å². The lowest BCUT2D eigenvalue weighted by Crippen LogP contribution is -2.33. The SMILES string of the molecule is COC(=O)C(N)Cc1ccc(Oc2ccc(C=C3SC(=O)NC3=O)cc2)cc1N. The number of ether oxygens (including phenoxy) is 2. The quantitative estimate of drug-likeness (QED) is 0.373. The molecular formula is C20H19N3O5S. The first-order valence-corrected chi connectivity index (χ1v) is 9.42. The molecule has 1 saturated heterocycles. The van der Waals surface area contributed by atoms with Gasteiger partial charge >= 0.3 is 5.97 Å². The van der Waals surface area contributed by atoms with E-state index >= 15 is 0 Å². The molecule has 1 atom stereocenters. The Kier molecular flexibility index (Phi) is 6.20. The van der Waals surface area contributed by atoms with Crippen molar-refractivity contribution >= 4 is 40.6 Å². The lowest BCUT2D eigenvalue weighted by Gasteiger charge is -2.13. The number of nitrogens with two attached hydrogens (primary N) is 2. The summed E-state index contributed by atoms with van der Waals surface area (Å²) in [6.45, 7) is 0. The average molecular weight is 413 g/mol. The van der Waals surface area contributed by atoms with Gasteiger partial charge in [-0.25, -0.2) is 0 Å². The smallest absolute Gasteiger partial charge is 0.322 e. The molecule has 1 aliphatic heterocycles. The number of esters is 1. The van der Waals surface area contributed by atoms with Gasteiger partial charge in [0.05, 0.1) is 12.0 Å². The minimum Gasteiger partial charge on any atom is -0.468 e. The summed E-state index contributed by atoms with van der Waals surface area (Å²) in [5, 5.41) is 1.83. The van der Waals surface area contributed by atoms with Crippen LogP contribution >= 0.6 is 11.8 Å². The minimum atomic E-state index is -0.786. The third kappa shape index (κ3) is 5.15. The van der Waals surface area contributed by atoms with Gasteiger partial charge in [-0.15, -0.1) is 0 Å². The molecule has 9 heteroatoms. The Balaban J connectivity index is 1.66. The van der Waals surface area contributed by atoms with Crippen LogP contribution in [0.1, 0.15) is 11.1 Å². The van der Waals surface area contributed by atoms with Gasteiger partial charge in [0.15, 0.2) is 0 Å². The second-order valence-corrected chi connectivity index (χ2v) is 7.23. The number of thioether (sulfide) groups is 1. The van der Waals surface area contributed by atoms with Gasteiger partial charge in [-0.2, -0.15) is 0 Å². The van der Waals surface area contributed by atoms with Crippen LogP contribution in [0, 0.1) is 0 Å². The van der Waals surface area contributed by atoms with Crippen molar-refractivity contribution in [1.29, 1.82) is 0 Å². The summed E-state index contributed by atoms with van der Waals surface area (Å²) in [6.07, 6.45) is 1.89. The number of imide groups is 1. The molecule has 150 valence electrons. The standard InChI is InChI=1S/C20H19N3O5S/c1-27-19(25)16(22)9-12-4-7-14(10-15(12)21)28-13-5-2-11(3-6-13)8-17-18(24)23-20(26)29-17/h2-8,10,16H,9,21-22H2,1H3,(H,23,24,26). The number of carbonyl (C=O) groups is 3. The summed E-state index contributed by atoms with van der Waals surface area (Å²) in [5.74, 6) is 0.200. The highest BCUT2D eigenvalue weighted by Gasteiger charge is 2.24. The molecule has 0 radical (unpaired) electrons. The zero-order valence-electron chi connectivity index (χ0n) is 15.5. The fraction of sp³-hybridized carbons (Fsp3) is 0.150. The van der Waals surface area contributed by atoms with Gasteiger partial charge in [-0.1, -0.05) is 18.2 Å². The molecule has 2 amide bonds. The number of nitrogens with one attached hydrogen (secondary N) is 1. The lowest BCUT2D eigenvalue weighted by atomic mass is 10.0. The fourth-order valence-corrected chi connectivity index (χ4v) is 3.32. The molecule has 1 aliphatic rings. The number of methoxy groups -OCH3 is 1. The van der Waals surface area contributed by atoms with Gasteiger partial charge in [0, 0.05) is 18.2 Å². The summed E-state index contributed by atoms with van der Waals surface area (Å²) in [6, 6.07) is 11.4. The predicted octanol–water partition coefficient (Wildman–Crippen LogP) is 2.43. The summed E-state index contributed by atoms with van der Waals surface area (Å²) >= 11 is 0.864. The maximum atomic E-state index is 11.6. The highest BCUT2D eigenvalue weighted by atomic mass is 32.2. The Hall–Kier alpha value is -3.30. The molecule has 3 rings (SSSR count). The molecule has 1 fully saturated rings. The fourth-order valence-electron chi connectivity index (χ4n) is 2.63. The monoisotopic (exact) mass is 413 g/mol. The Bertz CT molecular complexity index is 988. The van der Waals surface area contributed by atoms with Crippen molar-refractivity contribution < 1.29 is 23.9 Å². The molecule has 29 heavy (non-hydrogen) atoms. The van der Waals surface area contributed by atoms with Crippen LogP contribution in [0.5, 0.6) is 11.5 Å². The Morgan fingerprint density at radius 1 is 1.17 bits per heavy atom. The van der Waals surface area contributed by atoms with E-state index in [1.807, 2.05) is 0 Å². The normalized spacial score (nSPS) is 15.9. The molecule has 5 N–H and O–H groups in total. The zero-order chi connectivity index (χ0) is 21.0. The van der Waals surface area contributed by atoms with Crippen molar-refractivity contribution in [1.82, 2.24) is 5.32 Å². The highest BCUT2D eigenvalue weighted by molar-refractivity contribution is 8.18. The van der Waals surface area contributed by atoms with Crippen LogP contribution in [0.4, 0.5) is 10.5 Å². The summed E-state index contributed by atoms with van der Waals surface area (Å²) in [4.78, 5) is 34.6. The Morgan fingerprint density at radius 2 is 1.86 bits per heavy atom. The molecular weight excluding hydrogens is 394 g/mol. The number of carbonyl (C=O) groups excluding carboxylic acids is 3. The number of hydrogen-bond acceptors (Lipinski definition) is 8. The van der Waals surface area contributed by atoms with Crippen molar-refractivity contribution in [3.8, 4) is 11.5 Å². The first-order chi connectivity index (χ1) is 13.9. The van der Waals surface area contributed by atoms with E-state index in [1.54, 1.807) is 48.5 Å². The van der Waals surface area contributed by atoms with Gasteiger partial charge in [-0.3, -0.25) is 19.7 Å². The van der Waals surface area contributed by atoms with E-state index < -0.39 is 17.9 Å². The molecule has 1 unspecified atom stereocenters. The van der Waals surface area contributed by atoms with Crippen LogP contribution in [-0.2, 0) is 20.7 Å². The Morgan fingerprint density at radius 3 is 2.45 bits per heavy atom. The minimum absolute atomic E-state index is 0.260. The number of amides is 2. The van der Waals surface area contributed by atoms with Crippen molar-refractivity contribution in [2.24, 2.45) is 5.73 Å². The number of anilines is 1. The second kappa shape index (κ2) is 8.80. The van der Waals surface area contributed by atoms with Gasteiger partial charge in [0.1, 0.15) is 17.5 Å². The second-order valence-electron chi connectivity index (χ2n) is 6.22. The molecule has 1 heterocycles. The van der Waals surface area contributed by atoms with Crippen molar-refractivity contribution in [2.75, 3.05) is 12.8 Å². The lowest BCUT2D eigenvalue weighted by molar-refractivity contribution is -0.142. The summed E-state index contributed by atoms with van der Waals surface area (Å²) in [5.41, 5.74) is 13.7. The van der Waals surface area contributed by atoms with Crippen LogP contribution in [-0.4, -0.2) is 30.3 Å². The van der Waals surface area contributed by atoms with Crippen molar-refractivity contribution in [2.45, 2.75) is 12.5 Å². The molecule has 0 aromatic heterocycles. The first kappa shape index (κ1) is 20.4. The van der Waals surface area contributed by atoms with Gasteiger partial charge in [-0.05, 0) is 47.2 Å². The maximum absolute atomic E-state index is 11.6.